The first-order valence-corrected chi connectivity index (χ1v) is 9.80. The highest BCUT2D eigenvalue weighted by atomic mass is 127. The molecule has 3 aliphatic rings. The number of halogens is 1. The Morgan fingerprint density at radius 3 is 2.48 bits per heavy atom. The average Bonchev–Trinajstić information content (AvgIpc) is 3.51. The van der Waals surface area contributed by atoms with Crippen molar-refractivity contribution in [3.8, 4) is 0 Å². The van der Waals surface area contributed by atoms with Gasteiger partial charge in [0.15, 0.2) is 5.96 Å². The third-order valence-corrected chi connectivity index (χ3v) is 5.12. The average molecular weight is 463 g/mol. The van der Waals surface area contributed by atoms with Crippen LogP contribution in [0.3, 0.4) is 0 Å². The number of aliphatic imine (C=N–C) groups is 1. The molecule has 0 aromatic heterocycles. The molecule has 0 unspecified atom stereocenters. The lowest BCUT2D eigenvalue weighted by atomic mass is 10.3. The van der Waals surface area contributed by atoms with Crippen molar-refractivity contribution in [2.24, 2.45) is 10.9 Å². The van der Waals surface area contributed by atoms with Gasteiger partial charge in [-0.15, -0.1) is 24.0 Å². The lowest BCUT2D eigenvalue weighted by Crippen LogP contribution is -2.43. The summed E-state index contributed by atoms with van der Waals surface area (Å²) < 4.78 is 0. The van der Waals surface area contributed by atoms with Crippen molar-refractivity contribution in [1.82, 2.24) is 20.4 Å². The first-order valence-electron chi connectivity index (χ1n) is 9.80. The fourth-order valence-corrected chi connectivity index (χ4v) is 3.37. The molecule has 1 saturated heterocycles. The largest absolute Gasteiger partial charge is 0.357 e. The highest BCUT2D eigenvalue weighted by molar-refractivity contribution is 14.0. The molecule has 3 fully saturated rings. The molecule has 0 spiro atoms. The fraction of sp³-hybridized carbons (Fsp3) is 0.889. The Morgan fingerprint density at radius 1 is 1.16 bits per heavy atom. The molecule has 0 radical (unpaired) electrons. The number of hydrogen-bond donors (Lipinski definition) is 2. The van der Waals surface area contributed by atoms with Gasteiger partial charge in [-0.25, -0.2) is 4.99 Å². The zero-order chi connectivity index (χ0) is 16.8. The van der Waals surface area contributed by atoms with Gasteiger partial charge in [-0.1, -0.05) is 0 Å². The standard InChI is InChI=1S/C18H33N5O.HI/c1-2-19-18(21-13-17(24)22-10-3-4-11-22)20-9-12-23(16-7-8-16)14-15-5-6-15;/h15-16H,2-14H2,1H3,(H2,19,20,21);1H. The maximum Gasteiger partial charge on any atom is 0.244 e. The van der Waals surface area contributed by atoms with Crippen molar-refractivity contribution in [3.63, 3.8) is 0 Å². The van der Waals surface area contributed by atoms with Gasteiger partial charge in [-0.2, -0.15) is 0 Å². The van der Waals surface area contributed by atoms with E-state index < -0.39 is 0 Å². The number of amides is 1. The Morgan fingerprint density at radius 2 is 1.88 bits per heavy atom. The Bertz CT molecular complexity index is 445. The van der Waals surface area contributed by atoms with E-state index in [1.807, 2.05) is 4.90 Å². The van der Waals surface area contributed by atoms with Crippen LogP contribution in [-0.2, 0) is 4.79 Å². The Balaban J connectivity index is 0.00000225. The summed E-state index contributed by atoms with van der Waals surface area (Å²) in [6, 6.07) is 0.823. The number of carbonyl (C=O) groups excluding carboxylic acids is 1. The Kier molecular flexibility index (Phi) is 8.75. The van der Waals surface area contributed by atoms with Crippen LogP contribution in [0.15, 0.2) is 4.99 Å². The summed E-state index contributed by atoms with van der Waals surface area (Å²) in [7, 11) is 0. The van der Waals surface area contributed by atoms with E-state index in [4.69, 9.17) is 0 Å². The van der Waals surface area contributed by atoms with Gasteiger partial charge in [0.1, 0.15) is 6.54 Å². The topological polar surface area (TPSA) is 60.0 Å². The number of rotatable bonds is 9. The highest BCUT2D eigenvalue weighted by Crippen LogP contribution is 2.34. The van der Waals surface area contributed by atoms with Crippen molar-refractivity contribution in [2.75, 3.05) is 45.8 Å². The van der Waals surface area contributed by atoms with Crippen LogP contribution in [0.2, 0.25) is 0 Å². The van der Waals surface area contributed by atoms with Crippen LogP contribution >= 0.6 is 24.0 Å². The molecule has 3 rings (SSSR count). The smallest absolute Gasteiger partial charge is 0.244 e. The van der Waals surface area contributed by atoms with Crippen LogP contribution in [0.25, 0.3) is 0 Å². The van der Waals surface area contributed by atoms with Crippen LogP contribution in [0.1, 0.15) is 45.4 Å². The normalized spacial score (nSPS) is 20.6. The van der Waals surface area contributed by atoms with E-state index in [9.17, 15) is 4.79 Å². The molecule has 2 saturated carbocycles. The van der Waals surface area contributed by atoms with E-state index in [0.29, 0.717) is 0 Å². The van der Waals surface area contributed by atoms with Crippen LogP contribution < -0.4 is 10.6 Å². The number of nitrogens with one attached hydrogen (secondary N) is 2. The lowest BCUT2D eigenvalue weighted by Gasteiger charge is -2.22. The zero-order valence-corrected chi connectivity index (χ0v) is 17.8. The van der Waals surface area contributed by atoms with E-state index in [0.717, 1.165) is 63.5 Å². The fourth-order valence-electron chi connectivity index (χ4n) is 3.37. The minimum Gasteiger partial charge on any atom is -0.357 e. The molecule has 2 aliphatic carbocycles. The molecule has 6 nitrogen and oxygen atoms in total. The van der Waals surface area contributed by atoms with Gasteiger partial charge in [0.2, 0.25) is 5.91 Å². The highest BCUT2D eigenvalue weighted by Gasteiger charge is 2.33. The second-order valence-corrected chi connectivity index (χ2v) is 7.38. The first kappa shape index (κ1) is 20.7. The molecule has 0 atom stereocenters. The number of guanidine groups is 1. The Labute approximate surface area is 169 Å². The molecule has 0 bridgehead atoms. The van der Waals surface area contributed by atoms with Crippen molar-refractivity contribution < 1.29 is 4.79 Å². The maximum absolute atomic E-state index is 12.1. The zero-order valence-electron chi connectivity index (χ0n) is 15.5. The summed E-state index contributed by atoms with van der Waals surface area (Å²) in [5.74, 6) is 1.87. The first-order chi connectivity index (χ1) is 11.8. The molecule has 0 aromatic rings. The molecular formula is C18H34IN5O. The van der Waals surface area contributed by atoms with Gasteiger partial charge in [0.05, 0.1) is 0 Å². The van der Waals surface area contributed by atoms with Gasteiger partial charge in [0, 0.05) is 45.3 Å². The third-order valence-electron chi connectivity index (χ3n) is 5.12. The minimum atomic E-state index is 0. The lowest BCUT2D eigenvalue weighted by molar-refractivity contribution is -0.128. The second-order valence-electron chi connectivity index (χ2n) is 7.38. The van der Waals surface area contributed by atoms with Crippen molar-refractivity contribution in [1.29, 1.82) is 0 Å². The minimum absolute atomic E-state index is 0. The number of likely N-dealkylation sites (tertiary alicyclic amines) is 1. The van der Waals surface area contributed by atoms with Gasteiger partial charge in [0.25, 0.3) is 0 Å². The van der Waals surface area contributed by atoms with E-state index in [1.54, 1.807) is 0 Å². The third kappa shape index (κ3) is 7.29. The monoisotopic (exact) mass is 463 g/mol. The number of hydrogen-bond acceptors (Lipinski definition) is 3. The summed E-state index contributed by atoms with van der Waals surface area (Å²) in [5, 5.41) is 6.65. The number of carbonyl (C=O) groups is 1. The summed E-state index contributed by atoms with van der Waals surface area (Å²) >= 11 is 0. The van der Waals surface area contributed by atoms with Gasteiger partial charge >= 0.3 is 0 Å². The molecule has 2 N–H and O–H groups in total. The summed E-state index contributed by atoms with van der Waals surface area (Å²) in [6.07, 6.45) is 7.83. The van der Waals surface area contributed by atoms with Crippen LogP contribution in [0.5, 0.6) is 0 Å². The van der Waals surface area contributed by atoms with Crippen molar-refractivity contribution in [3.05, 3.63) is 0 Å². The summed E-state index contributed by atoms with van der Waals surface area (Å²) in [4.78, 5) is 21.2. The van der Waals surface area contributed by atoms with Crippen molar-refractivity contribution >= 4 is 35.8 Å². The van der Waals surface area contributed by atoms with Gasteiger partial charge < -0.3 is 15.5 Å². The van der Waals surface area contributed by atoms with Crippen molar-refractivity contribution in [2.45, 2.75) is 51.5 Å². The molecule has 1 heterocycles. The van der Waals surface area contributed by atoms with Gasteiger partial charge in [-0.3, -0.25) is 9.69 Å². The van der Waals surface area contributed by atoms with E-state index in [2.05, 4.69) is 27.4 Å². The molecule has 7 heteroatoms. The summed E-state index contributed by atoms with van der Waals surface area (Å²) in [5.41, 5.74) is 0. The summed E-state index contributed by atoms with van der Waals surface area (Å²) in [6.45, 7) is 8.17. The quantitative estimate of drug-likeness (QED) is 0.310. The van der Waals surface area contributed by atoms with Crippen LogP contribution in [0, 0.1) is 5.92 Å². The molecule has 1 amide bonds. The van der Waals surface area contributed by atoms with E-state index >= 15 is 0 Å². The SMILES string of the molecule is CCNC(=NCC(=O)N1CCCC1)NCCN(CC1CC1)C1CC1.I. The maximum atomic E-state index is 12.1. The number of nitrogens with zero attached hydrogens (tertiary/aromatic N) is 3. The molecule has 25 heavy (non-hydrogen) atoms. The predicted octanol–water partition coefficient (Wildman–Crippen LogP) is 1.66. The predicted molar refractivity (Wildman–Crippen MR) is 113 cm³/mol. The van der Waals surface area contributed by atoms with Crippen LogP contribution in [-0.4, -0.2) is 73.5 Å². The van der Waals surface area contributed by atoms with Gasteiger partial charge in [-0.05, 0) is 51.4 Å². The van der Waals surface area contributed by atoms with Crippen LogP contribution in [0.4, 0.5) is 0 Å². The molecule has 0 aromatic carbocycles. The Hall–Kier alpha value is -0.570. The van der Waals surface area contributed by atoms with E-state index in [-0.39, 0.29) is 36.4 Å². The van der Waals surface area contributed by atoms with E-state index in [1.165, 1.54) is 32.2 Å². The second kappa shape index (κ2) is 10.5. The molecule has 144 valence electrons. The molecule has 1 aliphatic heterocycles. The molecular weight excluding hydrogens is 429 g/mol.